The number of amides is 3. The molecule has 0 saturated heterocycles. The highest BCUT2D eigenvalue weighted by atomic mass is 19.4. The third-order valence-electron chi connectivity index (χ3n) is 5.76. The first-order valence-corrected chi connectivity index (χ1v) is 11.6. The summed E-state index contributed by atoms with van der Waals surface area (Å²) in [7, 11) is 0. The lowest BCUT2D eigenvalue weighted by Crippen LogP contribution is -2.61. The van der Waals surface area contributed by atoms with Crippen LogP contribution in [0.25, 0.3) is 0 Å². The van der Waals surface area contributed by atoms with Crippen molar-refractivity contribution in [1.29, 1.82) is 0 Å². The van der Waals surface area contributed by atoms with E-state index in [9.17, 15) is 27.6 Å². The van der Waals surface area contributed by atoms with Crippen molar-refractivity contribution in [2.75, 3.05) is 6.54 Å². The van der Waals surface area contributed by atoms with Gasteiger partial charge in [0.1, 0.15) is 6.04 Å². The van der Waals surface area contributed by atoms with E-state index >= 15 is 0 Å². The molecule has 0 saturated carbocycles. The van der Waals surface area contributed by atoms with E-state index < -0.39 is 53.5 Å². The Kier molecular flexibility index (Phi) is 9.63. The Labute approximate surface area is 209 Å². The van der Waals surface area contributed by atoms with Crippen molar-refractivity contribution in [1.82, 2.24) is 16.0 Å². The molecular formula is C26H33F3N4O3. The van der Waals surface area contributed by atoms with E-state index in [1.165, 1.54) is 6.07 Å². The summed E-state index contributed by atoms with van der Waals surface area (Å²) in [6.07, 6.45) is -3.77. The summed E-state index contributed by atoms with van der Waals surface area (Å²) in [5.74, 6) is -2.32. The second-order valence-corrected chi connectivity index (χ2v) is 9.56. The number of benzene rings is 2. The van der Waals surface area contributed by atoms with Gasteiger partial charge in [-0.15, -0.1) is 0 Å². The molecule has 36 heavy (non-hydrogen) atoms. The summed E-state index contributed by atoms with van der Waals surface area (Å²) < 4.78 is 38.7. The Bertz CT molecular complexity index is 1080. The first-order valence-electron chi connectivity index (χ1n) is 11.6. The molecule has 0 aliphatic carbocycles. The fourth-order valence-electron chi connectivity index (χ4n) is 3.86. The Morgan fingerprint density at radius 1 is 0.972 bits per heavy atom. The van der Waals surface area contributed by atoms with Gasteiger partial charge in [-0.2, -0.15) is 13.2 Å². The minimum atomic E-state index is -4.60. The average molecular weight is 507 g/mol. The summed E-state index contributed by atoms with van der Waals surface area (Å²) in [4.78, 5) is 37.2. The predicted molar refractivity (Wildman–Crippen MR) is 131 cm³/mol. The van der Waals surface area contributed by atoms with Crippen LogP contribution in [0.2, 0.25) is 0 Å². The van der Waals surface area contributed by atoms with Crippen LogP contribution in [0.5, 0.6) is 0 Å². The predicted octanol–water partition coefficient (Wildman–Crippen LogP) is 3.17. The Balaban J connectivity index is 2.09. The number of alkyl halides is 3. The molecule has 0 aliphatic heterocycles. The molecule has 3 amide bonds. The van der Waals surface area contributed by atoms with Crippen molar-refractivity contribution < 1.29 is 27.6 Å². The highest BCUT2D eigenvalue weighted by molar-refractivity contribution is 5.97. The van der Waals surface area contributed by atoms with E-state index in [2.05, 4.69) is 16.0 Å². The first kappa shape index (κ1) is 28.8. The summed E-state index contributed by atoms with van der Waals surface area (Å²) in [6, 6.07) is 10.1. The molecule has 0 fully saturated rings. The lowest BCUT2D eigenvalue weighted by Gasteiger charge is -2.37. The number of hydrogen-bond donors (Lipinski definition) is 4. The van der Waals surface area contributed by atoms with Gasteiger partial charge >= 0.3 is 6.18 Å². The first-order chi connectivity index (χ1) is 16.7. The molecule has 2 aromatic carbocycles. The van der Waals surface area contributed by atoms with Crippen LogP contribution >= 0.6 is 0 Å². The van der Waals surface area contributed by atoms with E-state index in [4.69, 9.17) is 5.73 Å². The maximum absolute atomic E-state index is 12.9. The number of primary amides is 1. The number of halogens is 3. The van der Waals surface area contributed by atoms with Crippen molar-refractivity contribution in [3.63, 3.8) is 0 Å². The number of hydrogen-bond acceptors (Lipinski definition) is 4. The van der Waals surface area contributed by atoms with Crippen LogP contribution < -0.4 is 21.7 Å². The molecule has 0 spiro atoms. The normalized spacial score (nSPS) is 13.5. The number of nitrogens with one attached hydrogen (secondary N) is 3. The third-order valence-corrected chi connectivity index (χ3v) is 5.76. The maximum Gasteiger partial charge on any atom is 0.416 e. The number of nitrogens with two attached hydrogens (primary N) is 1. The largest absolute Gasteiger partial charge is 0.416 e. The van der Waals surface area contributed by atoms with E-state index in [-0.39, 0.29) is 5.56 Å². The van der Waals surface area contributed by atoms with Gasteiger partial charge in [0, 0.05) is 18.2 Å². The van der Waals surface area contributed by atoms with Crippen molar-refractivity contribution in [2.45, 2.75) is 58.9 Å². The van der Waals surface area contributed by atoms with Crippen molar-refractivity contribution in [2.24, 2.45) is 11.1 Å². The van der Waals surface area contributed by atoms with Crippen molar-refractivity contribution >= 4 is 17.7 Å². The van der Waals surface area contributed by atoms with Crippen LogP contribution in [-0.2, 0) is 28.7 Å². The molecule has 0 bridgehead atoms. The minimum Gasteiger partial charge on any atom is -0.368 e. The summed E-state index contributed by atoms with van der Waals surface area (Å²) >= 11 is 0. The topological polar surface area (TPSA) is 113 Å². The maximum atomic E-state index is 12.9. The third kappa shape index (κ3) is 8.08. The molecule has 2 unspecified atom stereocenters. The van der Waals surface area contributed by atoms with Gasteiger partial charge < -0.3 is 21.7 Å². The van der Waals surface area contributed by atoms with E-state index in [1.807, 2.05) is 52.0 Å². The van der Waals surface area contributed by atoms with E-state index in [0.29, 0.717) is 12.6 Å². The van der Waals surface area contributed by atoms with Gasteiger partial charge in [-0.05, 0) is 41.2 Å². The van der Waals surface area contributed by atoms with E-state index in [0.717, 1.165) is 29.7 Å². The van der Waals surface area contributed by atoms with E-state index in [1.54, 1.807) is 0 Å². The highest BCUT2D eigenvalue weighted by Gasteiger charge is 2.36. The second kappa shape index (κ2) is 12.0. The van der Waals surface area contributed by atoms with Crippen LogP contribution in [0.15, 0.2) is 48.5 Å². The molecule has 2 rings (SSSR count). The summed E-state index contributed by atoms with van der Waals surface area (Å²) in [5, 5.41) is 8.18. The monoisotopic (exact) mass is 506 g/mol. The lowest BCUT2D eigenvalue weighted by molar-refractivity contribution is -0.137. The lowest BCUT2D eigenvalue weighted by atomic mass is 9.81. The molecule has 196 valence electrons. The quantitative estimate of drug-likeness (QED) is 0.396. The van der Waals surface area contributed by atoms with Gasteiger partial charge in [-0.3, -0.25) is 14.4 Å². The Hall–Kier alpha value is -3.40. The number of rotatable bonds is 10. The molecule has 0 aliphatic rings. The zero-order chi connectivity index (χ0) is 27.1. The molecule has 2 atom stereocenters. The van der Waals surface area contributed by atoms with Gasteiger partial charge in [-0.25, -0.2) is 0 Å². The zero-order valence-corrected chi connectivity index (χ0v) is 20.8. The smallest absolute Gasteiger partial charge is 0.368 e. The second-order valence-electron chi connectivity index (χ2n) is 9.56. The van der Waals surface area contributed by atoms with Gasteiger partial charge in [0.2, 0.25) is 11.8 Å². The molecule has 0 aromatic heterocycles. The Morgan fingerprint density at radius 2 is 1.61 bits per heavy atom. The van der Waals surface area contributed by atoms with Crippen LogP contribution in [-0.4, -0.2) is 36.3 Å². The zero-order valence-electron chi connectivity index (χ0n) is 20.8. The van der Waals surface area contributed by atoms with Crippen molar-refractivity contribution in [3.8, 4) is 0 Å². The number of aryl methyl sites for hydroxylation is 1. The number of carbonyl (C=O) groups is 3. The van der Waals surface area contributed by atoms with Crippen LogP contribution in [0.4, 0.5) is 13.2 Å². The standard InChI is InChI=1S/C26H33F3N4O3/c1-5-16-9-6-7-10-18(16)14-31-22(25(2,3)4)21(23(30)35)33-20(34)15-32-24(36)17-11-8-12-19(13-17)26(27,28)29/h6-13,21-22,31H,5,14-15H2,1-4H3,(H2,30,35)(H,32,36)(H,33,34). The molecule has 10 heteroatoms. The molecular weight excluding hydrogens is 473 g/mol. The van der Waals surface area contributed by atoms with Gasteiger partial charge in [-0.1, -0.05) is 58.0 Å². The molecule has 7 nitrogen and oxygen atoms in total. The molecule has 2 aromatic rings. The average Bonchev–Trinajstić information content (AvgIpc) is 2.80. The highest BCUT2D eigenvalue weighted by Crippen LogP contribution is 2.29. The fourth-order valence-corrected chi connectivity index (χ4v) is 3.86. The van der Waals surface area contributed by atoms with Crippen molar-refractivity contribution in [3.05, 3.63) is 70.8 Å². The SMILES string of the molecule is CCc1ccccc1CNC(C(NC(=O)CNC(=O)c1cccc(C(F)(F)F)c1)C(N)=O)C(C)(C)C. The minimum absolute atomic E-state index is 0.243. The fraction of sp³-hybridized carbons (Fsp3) is 0.423. The Morgan fingerprint density at radius 3 is 2.17 bits per heavy atom. The molecule has 5 N–H and O–H groups in total. The van der Waals surface area contributed by atoms with Gasteiger partial charge in [0.05, 0.1) is 12.1 Å². The van der Waals surface area contributed by atoms with Crippen LogP contribution in [0.3, 0.4) is 0 Å². The van der Waals surface area contributed by atoms with Crippen LogP contribution in [0, 0.1) is 5.41 Å². The molecule has 0 heterocycles. The summed E-state index contributed by atoms with van der Waals surface area (Å²) in [5.41, 5.74) is 6.12. The van der Waals surface area contributed by atoms with Crippen LogP contribution in [0.1, 0.15) is 54.7 Å². The molecule has 0 radical (unpaired) electrons. The summed E-state index contributed by atoms with van der Waals surface area (Å²) in [6.45, 7) is 7.63. The number of carbonyl (C=O) groups excluding carboxylic acids is 3. The van der Waals surface area contributed by atoms with Gasteiger partial charge in [0.15, 0.2) is 0 Å². The van der Waals surface area contributed by atoms with Gasteiger partial charge in [0.25, 0.3) is 5.91 Å².